The molecule has 6 rings (SSSR count). The summed E-state index contributed by atoms with van der Waals surface area (Å²) in [6.45, 7) is 1.63. The Bertz CT molecular complexity index is 2060. The number of rotatable bonds is 4. The van der Waals surface area contributed by atoms with Gasteiger partial charge in [-0.25, -0.2) is 18.7 Å². The van der Waals surface area contributed by atoms with Gasteiger partial charge in [-0.15, -0.1) is 5.10 Å². The van der Waals surface area contributed by atoms with Gasteiger partial charge in [0.2, 0.25) is 11.8 Å². The molecule has 0 aliphatic carbocycles. The Morgan fingerprint density at radius 1 is 1.09 bits per heavy atom. The smallest absolute Gasteiger partial charge is 0.254 e. The van der Waals surface area contributed by atoms with Gasteiger partial charge in [-0.1, -0.05) is 35.3 Å². The number of carbonyl (C=O) groups excluding carboxylic acids is 1. The highest BCUT2D eigenvalue weighted by atomic mass is 35.5. The lowest BCUT2D eigenvalue weighted by molar-refractivity contribution is -0.120. The van der Waals surface area contributed by atoms with Gasteiger partial charge in [0.1, 0.15) is 0 Å². The van der Waals surface area contributed by atoms with Crippen molar-refractivity contribution in [1.29, 1.82) is 0 Å². The van der Waals surface area contributed by atoms with Gasteiger partial charge in [0.05, 0.1) is 69.7 Å². The van der Waals surface area contributed by atoms with Crippen molar-refractivity contribution in [3.63, 3.8) is 0 Å². The largest absolute Gasteiger partial charge is 0.326 e. The van der Waals surface area contributed by atoms with Gasteiger partial charge in [0.25, 0.3) is 5.56 Å². The zero-order chi connectivity index (χ0) is 33.8. The van der Waals surface area contributed by atoms with E-state index in [4.69, 9.17) is 51.9 Å². The van der Waals surface area contributed by atoms with Gasteiger partial charge in [0.15, 0.2) is 11.0 Å². The summed E-state index contributed by atoms with van der Waals surface area (Å²) in [6.07, 6.45) is 5.53. The first-order chi connectivity index (χ1) is 22.2. The number of nitrogens with one attached hydrogen (secondary N) is 1. The van der Waals surface area contributed by atoms with E-state index in [0.29, 0.717) is 11.3 Å². The fourth-order valence-electron chi connectivity index (χ4n) is 5.49. The van der Waals surface area contributed by atoms with Crippen LogP contribution >= 0.6 is 23.2 Å². The third kappa shape index (κ3) is 6.00. The molecule has 0 spiro atoms. The molecule has 0 fully saturated rings. The zero-order valence-corrected chi connectivity index (χ0v) is 26.1. The highest BCUT2D eigenvalue weighted by Crippen LogP contribution is 2.35. The summed E-state index contributed by atoms with van der Waals surface area (Å²) in [6, 6.07) is 4.79. The van der Waals surface area contributed by atoms with E-state index in [-0.39, 0.29) is 44.9 Å². The molecule has 5 aromatic rings. The molecule has 16 nitrogen and oxygen atoms in total. The second kappa shape index (κ2) is 12.2. The van der Waals surface area contributed by atoms with Crippen molar-refractivity contribution in [2.24, 2.45) is 34.6 Å². The van der Waals surface area contributed by atoms with Crippen LogP contribution in [-0.4, -0.2) is 57.3 Å². The molecule has 4 atom stereocenters. The lowest BCUT2D eigenvalue weighted by Crippen LogP contribution is -2.60. The number of hydrogen-bond acceptors (Lipinski definition) is 12. The summed E-state index contributed by atoms with van der Waals surface area (Å²) in [5.41, 5.74) is 31.9. The molecule has 1 aliphatic heterocycles. The Morgan fingerprint density at radius 2 is 1.85 bits per heavy atom. The van der Waals surface area contributed by atoms with E-state index in [1.54, 1.807) is 19.1 Å². The molecule has 19 heteroatoms. The number of amides is 1. The third-order valence-corrected chi connectivity index (χ3v) is 8.45. The highest BCUT2D eigenvalue weighted by molar-refractivity contribution is 6.31. The molecule has 1 aliphatic rings. The van der Waals surface area contributed by atoms with Crippen LogP contribution in [0.5, 0.6) is 0 Å². The van der Waals surface area contributed by atoms with Gasteiger partial charge in [-0.2, -0.15) is 5.10 Å². The van der Waals surface area contributed by atoms with E-state index < -0.39 is 47.2 Å². The summed E-state index contributed by atoms with van der Waals surface area (Å²) >= 11 is 12.1. The first kappa shape index (κ1) is 32.3. The average Bonchev–Trinajstić information content (AvgIpc) is 3.66. The number of benzene rings is 1. The molecule has 2 bridgehead atoms. The number of pyridine rings is 1. The van der Waals surface area contributed by atoms with E-state index in [1.807, 2.05) is 0 Å². The summed E-state index contributed by atoms with van der Waals surface area (Å²) in [7, 11) is 0. The van der Waals surface area contributed by atoms with Crippen LogP contribution in [0.2, 0.25) is 10.2 Å². The molecular weight excluding hydrogens is 654 g/mol. The van der Waals surface area contributed by atoms with Crippen molar-refractivity contribution in [1.82, 2.24) is 39.3 Å². The number of nitrogens with two attached hydrogens (primary N) is 5. The van der Waals surface area contributed by atoms with Crippen molar-refractivity contribution in [3.05, 3.63) is 87.3 Å². The molecule has 0 radical (unpaired) electrons. The quantitative estimate of drug-likeness (QED) is 0.144. The lowest BCUT2D eigenvalue weighted by Gasteiger charge is -2.30. The topological polar surface area (TPSA) is 256 Å². The Morgan fingerprint density at radius 3 is 2.53 bits per heavy atom. The van der Waals surface area contributed by atoms with Crippen LogP contribution < -0.4 is 39.5 Å². The molecule has 11 N–H and O–H groups in total. The van der Waals surface area contributed by atoms with Gasteiger partial charge >= 0.3 is 0 Å². The maximum Gasteiger partial charge on any atom is 0.254 e. The fraction of sp³-hybridized carbons (Fsp3) is 0.250. The second-order valence-electron chi connectivity index (χ2n) is 11.2. The van der Waals surface area contributed by atoms with Crippen LogP contribution in [0.25, 0.3) is 28.2 Å². The summed E-state index contributed by atoms with van der Waals surface area (Å²) in [4.78, 5) is 36.1. The predicted molar refractivity (Wildman–Crippen MR) is 171 cm³/mol. The standard InChI is InChI=1S/C28H29Cl2FN14O2/c1-12-25(33)15(32)7-20(16-6-13(4-5-37-16)26-18(40-27(12)47)9-39-45(26)28(34,35)36)43-11-38-17(8-22(43)46)23-19(3-2-14(29)24(23)31)44-10-21(30)41-42-44/h2-6,8-12,15,20,25H,7,32-36H2,1H3,(H,40,47). The molecule has 0 saturated carbocycles. The number of aromatic nitrogens is 8. The predicted octanol–water partition coefficient (Wildman–Crippen LogP) is 0.862. The number of anilines is 1. The van der Waals surface area contributed by atoms with E-state index in [9.17, 15) is 9.59 Å². The minimum atomic E-state index is -1.94. The first-order valence-electron chi connectivity index (χ1n) is 14.1. The zero-order valence-electron chi connectivity index (χ0n) is 24.6. The van der Waals surface area contributed by atoms with Crippen LogP contribution in [0.15, 0.2) is 60.0 Å². The summed E-state index contributed by atoms with van der Waals surface area (Å²) in [5, 5.41) is 14.5. The molecule has 4 unspecified atom stereocenters. The maximum absolute atomic E-state index is 15.5. The van der Waals surface area contributed by atoms with Crippen molar-refractivity contribution in [3.8, 4) is 28.2 Å². The van der Waals surface area contributed by atoms with Gasteiger partial charge in [0, 0.05) is 29.9 Å². The molecular formula is C28H29Cl2FN14O2. The minimum absolute atomic E-state index is 0.0345. The Labute approximate surface area is 275 Å². The number of halogens is 3. The van der Waals surface area contributed by atoms with Crippen LogP contribution in [-0.2, 0) is 10.7 Å². The van der Waals surface area contributed by atoms with Crippen LogP contribution in [0.3, 0.4) is 0 Å². The normalized spacial score (nSPS) is 20.2. The second-order valence-corrected chi connectivity index (χ2v) is 12.0. The van der Waals surface area contributed by atoms with E-state index in [1.165, 1.54) is 46.3 Å². The van der Waals surface area contributed by atoms with Gasteiger partial charge < -0.3 is 16.8 Å². The Kier molecular flexibility index (Phi) is 8.39. The van der Waals surface area contributed by atoms with E-state index in [0.717, 1.165) is 10.7 Å². The van der Waals surface area contributed by atoms with Crippen LogP contribution in [0.4, 0.5) is 10.1 Å². The summed E-state index contributed by atoms with van der Waals surface area (Å²) in [5.74, 6) is -3.99. The maximum atomic E-state index is 15.5. The van der Waals surface area contributed by atoms with Crippen molar-refractivity contribution < 1.29 is 9.18 Å². The molecule has 4 aromatic heterocycles. The molecule has 47 heavy (non-hydrogen) atoms. The van der Waals surface area contributed by atoms with Crippen molar-refractivity contribution in [2.45, 2.75) is 37.4 Å². The van der Waals surface area contributed by atoms with Crippen LogP contribution in [0.1, 0.15) is 25.1 Å². The molecule has 1 aromatic carbocycles. The number of nitrogens with zero attached hydrogens (tertiary/aromatic N) is 8. The van der Waals surface area contributed by atoms with E-state index in [2.05, 4.69) is 30.7 Å². The number of fused-ring (bicyclic) bond motifs is 4. The molecule has 1 amide bonds. The molecule has 0 saturated heterocycles. The number of carbonyl (C=O) groups is 1. The monoisotopic (exact) mass is 682 g/mol. The highest BCUT2D eigenvalue weighted by Gasteiger charge is 2.33. The number of hydrogen-bond donors (Lipinski definition) is 6. The fourth-order valence-corrected chi connectivity index (χ4v) is 5.77. The van der Waals surface area contributed by atoms with Gasteiger partial charge in [-0.05, 0) is 30.7 Å². The minimum Gasteiger partial charge on any atom is -0.326 e. The lowest BCUT2D eigenvalue weighted by atomic mass is 9.89. The molecule has 5 heterocycles. The van der Waals surface area contributed by atoms with Crippen LogP contribution in [0, 0.1) is 11.7 Å². The average molecular weight is 684 g/mol. The van der Waals surface area contributed by atoms with Gasteiger partial charge in [-0.3, -0.25) is 36.3 Å². The SMILES string of the molecule is CC1C(=O)Nc2cnn(C(N)(N)N)c2-c2ccnc(c2)C(n2cnc(-c3c(-n4cc(Cl)nn4)ccc(Cl)c3F)cc2=O)CC(N)C1N. The third-order valence-electron chi connectivity index (χ3n) is 7.98. The van der Waals surface area contributed by atoms with E-state index >= 15 is 4.39 Å². The summed E-state index contributed by atoms with van der Waals surface area (Å²) < 4.78 is 19.2. The Hall–Kier alpha value is -4.62. The van der Waals surface area contributed by atoms with Crippen molar-refractivity contribution >= 4 is 34.8 Å². The first-order valence-corrected chi connectivity index (χ1v) is 14.9. The Balaban J connectivity index is 1.51. The molecule has 244 valence electrons. The van der Waals surface area contributed by atoms with Crippen molar-refractivity contribution in [2.75, 3.05) is 5.32 Å².